The summed E-state index contributed by atoms with van der Waals surface area (Å²) in [5, 5.41) is 0. The summed E-state index contributed by atoms with van der Waals surface area (Å²) in [4.78, 5) is 30.2. The zero-order valence-electron chi connectivity index (χ0n) is 24.7. The van der Waals surface area contributed by atoms with Gasteiger partial charge < -0.3 is 18.5 Å². The lowest BCUT2D eigenvalue weighted by Crippen LogP contribution is -2.18. The molecule has 0 saturated carbocycles. The van der Waals surface area contributed by atoms with Gasteiger partial charge in [-0.2, -0.15) is 0 Å². The molecule has 0 atom stereocenters. The van der Waals surface area contributed by atoms with Crippen LogP contribution in [-0.2, 0) is 0 Å². The van der Waals surface area contributed by atoms with Crippen molar-refractivity contribution in [3.05, 3.63) is 133 Å². The van der Waals surface area contributed by atoms with Gasteiger partial charge in [-0.25, -0.2) is 24.9 Å². The molecule has 1 aliphatic rings. The number of anilines is 3. The molecule has 9 rings (SSSR count). The normalized spacial score (nSPS) is 12.5. The van der Waals surface area contributed by atoms with Crippen LogP contribution in [0.5, 0.6) is 5.75 Å². The third-order valence-electron chi connectivity index (χ3n) is 7.82. The van der Waals surface area contributed by atoms with Crippen molar-refractivity contribution in [1.29, 1.82) is 0 Å². The van der Waals surface area contributed by atoms with E-state index in [2.05, 4.69) is 9.97 Å². The van der Waals surface area contributed by atoms with Crippen LogP contribution in [0.25, 0.3) is 45.4 Å². The second-order valence-electron chi connectivity index (χ2n) is 10.8. The number of fused-ring (bicyclic) bond motifs is 3. The van der Waals surface area contributed by atoms with Crippen molar-refractivity contribution < 1.29 is 13.6 Å². The van der Waals surface area contributed by atoms with E-state index < -0.39 is 0 Å². The van der Waals surface area contributed by atoms with Crippen LogP contribution in [0.15, 0.2) is 142 Å². The molecule has 224 valence electrons. The molecule has 8 aromatic rings. The Morgan fingerprint density at radius 3 is 1.55 bits per heavy atom. The molecule has 0 bridgehead atoms. The molecule has 0 unspecified atom stereocenters. The maximum atomic E-state index is 5.95. The number of nitrogens with zero attached hydrogens (tertiary/aromatic N) is 7. The van der Waals surface area contributed by atoms with Crippen molar-refractivity contribution >= 4 is 50.7 Å². The number of ether oxygens (including phenoxy) is 1. The van der Waals surface area contributed by atoms with Crippen LogP contribution in [0, 0.1) is 0 Å². The minimum atomic E-state index is 0.343. The Morgan fingerprint density at radius 2 is 1.02 bits per heavy atom. The van der Waals surface area contributed by atoms with Gasteiger partial charge >= 0.3 is 0 Å². The topological polar surface area (TPSA) is 116 Å². The fourth-order valence-corrected chi connectivity index (χ4v) is 5.52. The van der Waals surface area contributed by atoms with Crippen molar-refractivity contribution in [3.8, 4) is 28.9 Å². The van der Waals surface area contributed by atoms with E-state index in [0.717, 1.165) is 50.9 Å². The first kappa shape index (κ1) is 26.7. The third-order valence-corrected chi connectivity index (χ3v) is 7.82. The Kier molecular flexibility index (Phi) is 6.27. The summed E-state index contributed by atoms with van der Waals surface area (Å²) in [5.74, 6) is 1.68. The molecule has 0 saturated heterocycles. The minimum absolute atomic E-state index is 0.343. The van der Waals surface area contributed by atoms with Gasteiger partial charge in [0.2, 0.25) is 11.8 Å². The number of aromatic nitrogens is 5. The molecule has 0 amide bonds. The molecule has 0 N–H and O–H groups in total. The zero-order chi connectivity index (χ0) is 31.2. The number of oxazole rings is 2. The number of rotatable bonds is 6. The van der Waals surface area contributed by atoms with Gasteiger partial charge in [-0.05, 0) is 72.8 Å². The second kappa shape index (κ2) is 11.0. The number of hydrogen-bond donors (Lipinski definition) is 0. The third kappa shape index (κ3) is 4.94. The molecule has 1 aliphatic heterocycles. The average molecular weight is 614 g/mol. The molecule has 3 aromatic carbocycles. The lowest BCUT2D eigenvalue weighted by molar-refractivity contribution is 0.372. The van der Waals surface area contributed by atoms with E-state index in [1.807, 2.05) is 120 Å². The van der Waals surface area contributed by atoms with Crippen LogP contribution in [0.1, 0.15) is 5.69 Å². The van der Waals surface area contributed by atoms with E-state index in [1.165, 1.54) is 0 Å². The lowest BCUT2D eigenvalue weighted by atomic mass is 10.2. The van der Waals surface area contributed by atoms with Crippen molar-refractivity contribution in [2.24, 2.45) is 4.99 Å². The minimum Gasteiger partial charge on any atom is -0.485 e. The highest BCUT2D eigenvalue weighted by atomic mass is 16.5. The summed E-state index contributed by atoms with van der Waals surface area (Å²) in [6, 6.07) is 34.7. The highest BCUT2D eigenvalue weighted by Gasteiger charge is 2.19. The standard InChI is InChI=1S/C37H23N7O3/c1-4-10-33-27(7-1)41-32(22-45-33)26-16-13-23(19-38-26)44(24-14-17-30(39-20-24)36-42-28-8-2-5-11-34(28)46-36)25-15-18-31(40-21-25)37-43-29-9-3-6-12-35(29)47-37/h1-21H,22H2. The van der Waals surface area contributed by atoms with Crippen molar-refractivity contribution in [2.45, 2.75) is 0 Å². The summed E-state index contributed by atoms with van der Waals surface area (Å²) >= 11 is 0. The summed E-state index contributed by atoms with van der Waals surface area (Å²) in [6.07, 6.45) is 5.37. The molecule has 47 heavy (non-hydrogen) atoms. The van der Waals surface area contributed by atoms with Crippen molar-refractivity contribution in [1.82, 2.24) is 24.9 Å². The Morgan fingerprint density at radius 1 is 0.511 bits per heavy atom. The van der Waals surface area contributed by atoms with E-state index >= 15 is 0 Å². The number of pyridine rings is 3. The molecule has 10 heteroatoms. The van der Waals surface area contributed by atoms with Gasteiger partial charge in [0.1, 0.15) is 46.2 Å². The van der Waals surface area contributed by atoms with E-state index in [-0.39, 0.29) is 0 Å². The van der Waals surface area contributed by atoms with Crippen molar-refractivity contribution in [2.75, 3.05) is 11.5 Å². The van der Waals surface area contributed by atoms with Gasteiger partial charge in [0.05, 0.1) is 41.3 Å². The van der Waals surface area contributed by atoms with Gasteiger partial charge in [0, 0.05) is 0 Å². The van der Waals surface area contributed by atoms with Crippen LogP contribution in [0.3, 0.4) is 0 Å². The number of aliphatic imine (C=N–C) groups is 1. The lowest BCUT2D eigenvalue weighted by Gasteiger charge is -2.25. The van der Waals surface area contributed by atoms with Crippen molar-refractivity contribution in [3.63, 3.8) is 0 Å². The predicted octanol–water partition coefficient (Wildman–Crippen LogP) is 8.47. The Labute approximate surface area is 267 Å². The number of para-hydroxylation sites is 6. The summed E-state index contributed by atoms with van der Waals surface area (Å²) in [5.41, 5.74) is 8.90. The molecule has 10 nitrogen and oxygen atoms in total. The summed E-state index contributed by atoms with van der Waals surface area (Å²) in [7, 11) is 0. The molecular weight excluding hydrogens is 590 g/mol. The van der Waals surface area contributed by atoms with Crippen LogP contribution in [-0.4, -0.2) is 37.2 Å². The highest BCUT2D eigenvalue weighted by molar-refractivity contribution is 6.03. The Hall–Kier alpha value is -6.68. The predicted molar refractivity (Wildman–Crippen MR) is 179 cm³/mol. The fraction of sp³-hybridized carbons (Fsp3) is 0.0270. The molecule has 5 aromatic heterocycles. The van der Waals surface area contributed by atoms with E-state index in [0.29, 0.717) is 40.9 Å². The fourth-order valence-electron chi connectivity index (χ4n) is 5.52. The summed E-state index contributed by atoms with van der Waals surface area (Å²) in [6.45, 7) is 0.343. The molecule has 0 spiro atoms. The number of hydrogen-bond acceptors (Lipinski definition) is 10. The zero-order valence-corrected chi connectivity index (χ0v) is 24.7. The SMILES string of the molecule is c1ccc2c(c1)N=C(c1ccc(N(c3ccc(-c4nc5ccccc5o4)nc3)c3ccc(-c4nc5ccccc5o4)nc3)cn1)CO2. The second-order valence-corrected chi connectivity index (χ2v) is 10.8. The average Bonchev–Trinajstić information content (AvgIpc) is 3.78. The molecule has 0 aliphatic carbocycles. The van der Waals surface area contributed by atoms with E-state index in [4.69, 9.17) is 33.5 Å². The van der Waals surface area contributed by atoms with Crippen LogP contribution < -0.4 is 9.64 Å². The van der Waals surface area contributed by atoms with Crippen LogP contribution in [0.4, 0.5) is 22.7 Å². The Balaban J connectivity index is 1.08. The number of benzene rings is 3. The van der Waals surface area contributed by atoms with E-state index in [9.17, 15) is 0 Å². The smallest absolute Gasteiger partial charge is 0.246 e. The van der Waals surface area contributed by atoms with Gasteiger partial charge in [-0.1, -0.05) is 36.4 Å². The molecule has 0 fully saturated rings. The van der Waals surface area contributed by atoms with Gasteiger partial charge in [-0.3, -0.25) is 4.98 Å². The molecular formula is C37H23N7O3. The maximum absolute atomic E-state index is 5.95. The largest absolute Gasteiger partial charge is 0.485 e. The highest BCUT2D eigenvalue weighted by Crippen LogP contribution is 2.36. The van der Waals surface area contributed by atoms with E-state index in [1.54, 1.807) is 12.4 Å². The summed E-state index contributed by atoms with van der Waals surface area (Å²) < 4.78 is 17.8. The van der Waals surface area contributed by atoms with Gasteiger partial charge in [-0.15, -0.1) is 0 Å². The molecule has 6 heterocycles. The van der Waals surface area contributed by atoms with Crippen LogP contribution in [0.2, 0.25) is 0 Å². The first-order valence-electron chi connectivity index (χ1n) is 15.0. The van der Waals surface area contributed by atoms with Gasteiger partial charge in [0.15, 0.2) is 11.2 Å². The maximum Gasteiger partial charge on any atom is 0.246 e. The first-order chi connectivity index (χ1) is 23.2. The monoisotopic (exact) mass is 613 g/mol. The first-order valence-corrected chi connectivity index (χ1v) is 15.0. The van der Waals surface area contributed by atoms with Crippen LogP contribution >= 0.6 is 0 Å². The van der Waals surface area contributed by atoms with Gasteiger partial charge in [0.25, 0.3) is 0 Å². The molecule has 0 radical (unpaired) electrons. The quantitative estimate of drug-likeness (QED) is 0.182. The Bertz CT molecular complexity index is 2230.